The van der Waals surface area contributed by atoms with E-state index in [1.165, 1.54) is 4.90 Å². The van der Waals surface area contributed by atoms with Crippen molar-refractivity contribution in [2.24, 2.45) is 11.8 Å². The van der Waals surface area contributed by atoms with Crippen molar-refractivity contribution >= 4 is 23.4 Å². The highest BCUT2D eigenvalue weighted by Crippen LogP contribution is 2.34. The normalized spacial score (nSPS) is 24.3. The lowest BCUT2D eigenvalue weighted by molar-refractivity contribution is -0.140. The Morgan fingerprint density at radius 3 is 2.43 bits per heavy atom. The van der Waals surface area contributed by atoms with Crippen molar-refractivity contribution in [3.05, 3.63) is 41.4 Å². The number of allylic oxidation sites excluding steroid dienone is 2. The van der Waals surface area contributed by atoms with Crippen molar-refractivity contribution in [2.75, 3.05) is 13.2 Å². The smallest absolute Gasteiger partial charge is 0.233 e. The second kappa shape index (κ2) is 5.90. The van der Waals surface area contributed by atoms with Crippen LogP contribution in [-0.2, 0) is 9.59 Å². The highest BCUT2D eigenvalue weighted by Gasteiger charge is 2.46. The molecule has 1 aromatic rings. The molecule has 21 heavy (non-hydrogen) atoms. The zero-order valence-electron chi connectivity index (χ0n) is 11.5. The van der Waals surface area contributed by atoms with E-state index in [4.69, 9.17) is 16.3 Å². The maximum Gasteiger partial charge on any atom is 0.233 e. The molecule has 2 aliphatic rings. The monoisotopic (exact) mass is 305 g/mol. The van der Waals surface area contributed by atoms with E-state index in [0.717, 1.165) is 0 Å². The molecule has 2 atom stereocenters. The Bertz CT molecular complexity index is 573. The Kier molecular flexibility index (Phi) is 3.97. The van der Waals surface area contributed by atoms with Gasteiger partial charge in [-0.15, -0.1) is 0 Å². The van der Waals surface area contributed by atoms with Gasteiger partial charge in [0, 0.05) is 5.02 Å². The van der Waals surface area contributed by atoms with E-state index in [9.17, 15) is 9.59 Å². The molecule has 0 radical (unpaired) electrons. The zero-order chi connectivity index (χ0) is 14.8. The molecule has 0 aromatic heterocycles. The lowest BCUT2D eigenvalue weighted by Crippen LogP contribution is -2.34. The Hall–Kier alpha value is -1.81. The summed E-state index contributed by atoms with van der Waals surface area (Å²) in [5, 5.41) is 0.595. The lowest BCUT2D eigenvalue weighted by Gasteiger charge is -2.15. The van der Waals surface area contributed by atoms with Crippen molar-refractivity contribution in [3.63, 3.8) is 0 Å². The average Bonchev–Trinajstić information content (AvgIpc) is 2.73. The fourth-order valence-electron chi connectivity index (χ4n) is 2.90. The van der Waals surface area contributed by atoms with Gasteiger partial charge >= 0.3 is 0 Å². The number of rotatable bonds is 4. The number of carbonyl (C=O) groups is 2. The topological polar surface area (TPSA) is 46.6 Å². The second-order valence-corrected chi connectivity index (χ2v) is 5.73. The van der Waals surface area contributed by atoms with Gasteiger partial charge in [0.25, 0.3) is 0 Å². The third kappa shape index (κ3) is 2.81. The summed E-state index contributed by atoms with van der Waals surface area (Å²) >= 11 is 5.87. The number of hydrogen-bond acceptors (Lipinski definition) is 3. The first kappa shape index (κ1) is 14.1. The number of hydrogen-bond donors (Lipinski definition) is 0. The van der Waals surface area contributed by atoms with Crippen molar-refractivity contribution < 1.29 is 14.3 Å². The van der Waals surface area contributed by atoms with E-state index in [2.05, 4.69) is 0 Å². The van der Waals surface area contributed by atoms with Gasteiger partial charge in [-0.1, -0.05) is 29.8 Å². The number of ether oxygens (including phenoxy) is 1. The van der Waals surface area contributed by atoms with Crippen LogP contribution in [0.1, 0.15) is 12.8 Å². The van der Waals surface area contributed by atoms with Crippen molar-refractivity contribution in [2.45, 2.75) is 12.8 Å². The van der Waals surface area contributed by atoms with E-state index >= 15 is 0 Å². The van der Waals surface area contributed by atoms with Crippen LogP contribution < -0.4 is 4.74 Å². The van der Waals surface area contributed by atoms with Crippen LogP contribution in [0.25, 0.3) is 0 Å². The molecule has 0 saturated carbocycles. The predicted molar refractivity (Wildman–Crippen MR) is 79.0 cm³/mol. The second-order valence-electron chi connectivity index (χ2n) is 5.29. The quantitative estimate of drug-likeness (QED) is 0.634. The van der Waals surface area contributed by atoms with E-state index in [1.807, 2.05) is 12.2 Å². The van der Waals surface area contributed by atoms with Crippen LogP contribution in [0.3, 0.4) is 0 Å². The number of likely N-dealkylation sites (tertiary alicyclic amines) is 1. The molecule has 5 heteroatoms. The van der Waals surface area contributed by atoms with Crippen LogP contribution in [0, 0.1) is 11.8 Å². The zero-order valence-corrected chi connectivity index (χ0v) is 12.3. The molecule has 0 unspecified atom stereocenters. The van der Waals surface area contributed by atoms with E-state index in [-0.39, 0.29) is 36.8 Å². The summed E-state index contributed by atoms with van der Waals surface area (Å²) < 4.78 is 5.55. The summed E-state index contributed by atoms with van der Waals surface area (Å²) in [6.45, 7) is 0.571. The van der Waals surface area contributed by atoms with Gasteiger partial charge in [0.1, 0.15) is 12.4 Å². The Morgan fingerprint density at radius 1 is 1.14 bits per heavy atom. The molecular formula is C16H16ClNO3. The van der Waals surface area contributed by atoms with Crippen molar-refractivity contribution in [3.8, 4) is 5.75 Å². The van der Waals surface area contributed by atoms with Gasteiger partial charge < -0.3 is 4.74 Å². The fourth-order valence-corrected chi connectivity index (χ4v) is 3.08. The maximum absolute atomic E-state index is 12.2. The molecule has 4 nitrogen and oxygen atoms in total. The molecular weight excluding hydrogens is 290 g/mol. The number of nitrogens with zero attached hydrogens (tertiary/aromatic N) is 1. The summed E-state index contributed by atoms with van der Waals surface area (Å²) in [5.74, 6) is 0.163. The molecule has 1 aliphatic heterocycles. The van der Waals surface area contributed by atoms with Crippen LogP contribution >= 0.6 is 11.6 Å². The number of fused-ring (bicyclic) bond motifs is 1. The molecule has 0 bridgehead atoms. The van der Waals surface area contributed by atoms with Crippen LogP contribution in [-0.4, -0.2) is 29.9 Å². The number of amides is 2. The first-order valence-corrected chi connectivity index (χ1v) is 7.43. The van der Waals surface area contributed by atoms with Gasteiger partial charge in [0.15, 0.2) is 0 Å². The largest absolute Gasteiger partial charge is 0.492 e. The highest BCUT2D eigenvalue weighted by molar-refractivity contribution is 6.30. The summed E-state index contributed by atoms with van der Waals surface area (Å²) in [4.78, 5) is 25.8. The number of benzene rings is 1. The van der Waals surface area contributed by atoms with Gasteiger partial charge in [0.05, 0.1) is 18.4 Å². The number of carbonyl (C=O) groups excluding carboxylic acids is 2. The average molecular weight is 306 g/mol. The minimum absolute atomic E-state index is 0.0657. The lowest BCUT2D eigenvalue weighted by atomic mass is 9.85. The summed E-state index contributed by atoms with van der Waals surface area (Å²) in [5.41, 5.74) is 0. The standard InChI is InChI=1S/C16H16ClNO3/c17-11-4-3-5-12(10-11)21-9-8-18-15(19)13-6-1-2-7-14(13)16(18)20/h1-5,10,13-14H,6-9H2/t13-,14+. The van der Waals surface area contributed by atoms with Gasteiger partial charge in [-0.05, 0) is 31.0 Å². The molecule has 1 aliphatic carbocycles. The molecule has 1 saturated heterocycles. The Morgan fingerprint density at radius 2 is 1.81 bits per heavy atom. The van der Waals surface area contributed by atoms with Crippen LogP contribution in [0.5, 0.6) is 5.75 Å². The van der Waals surface area contributed by atoms with Gasteiger partial charge in [0.2, 0.25) is 11.8 Å². The van der Waals surface area contributed by atoms with E-state index < -0.39 is 0 Å². The third-order valence-electron chi connectivity index (χ3n) is 3.98. The van der Waals surface area contributed by atoms with Crippen molar-refractivity contribution in [1.29, 1.82) is 0 Å². The van der Waals surface area contributed by atoms with Crippen LogP contribution in [0.15, 0.2) is 36.4 Å². The Labute approximate surface area is 128 Å². The third-order valence-corrected chi connectivity index (χ3v) is 4.21. The SMILES string of the molecule is O=C1[C@H]2CC=CC[C@H]2C(=O)N1CCOc1cccc(Cl)c1. The minimum Gasteiger partial charge on any atom is -0.492 e. The molecule has 1 fully saturated rings. The molecule has 1 aromatic carbocycles. The molecule has 2 amide bonds. The molecule has 1 heterocycles. The van der Waals surface area contributed by atoms with E-state index in [0.29, 0.717) is 23.6 Å². The van der Waals surface area contributed by atoms with Crippen LogP contribution in [0.2, 0.25) is 5.02 Å². The first-order valence-electron chi connectivity index (χ1n) is 7.05. The summed E-state index contributed by atoms with van der Waals surface area (Å²) in [7, 11) is 0. The maximum atomic E-state index is 12.2. The summed E-state index contributed by atoms with van der Waals surface area (Å²) in [6, 6.07) is 7.06. The minimum atomic E-state index is -0.173. The molecule has 0 spiro atoms. The van der Waals surface area contributed by atoms with Gasteiger partial charge in [-0.3, -0.25) is 14.5 Å². The fraction of sp³-hybridized carbons (Fsp3) is 0.375. The molecule has 3 rings (SSSR count). The van der Waals surface area contributed by atoms with Crippen LogP contribution in [0.4, 0.5) is 0 Å². The highest BCUT2D eigenvalue weighted by atomic mass is 35.5. The molecule has 110 valence electrons. The van der Waals surface area contributed by atoms with Crippen molar-refractivity contribution in [1.82, 2.24) is 4.90 Å². The first-order chi connectivity index (χ1) is 10.2. The predicted octanol–water partition coefficient (Wildman–Crippen LogP) is 2.67. The Balaban J connectivity index is 1.58. The van der Waals surface area contributed by atoms with Gasteiger partial charge in [-0.2, -0.15) is 0 Å². The number of imide groups is 1. The molecule has 0 N–H and O–H groups in total. The summed E-state index contributed by atoms with van der Waals surface area (Å²) in [6.07, 6.45) is 5.30. The van der Waals surface area contributed by atoms with E-state index in [1.54, 1.807) is 24.3 Å². The number of halogens is 1. The van der Waals surface area contributed by atoms with Gasteiger partial charge in [-0.25, -0.2) is 0 Å².